The topological polar surface area (TPSA) is 136 Å². The molecule has 3 rings (SSSR count). The zero-order valence-corrected chi connectivity index (χ0v) is 13.7. The van der Waals surface area contributed by atoms with Crippen LogP contribution in [-0.4, -0.2) is 49.6 Å². The van der Waals surface area contributed by atoms with Crippen LogP contribution >= 0.6 is 0 Å². The van der Waals surface area contributed by atoms with Crippen LogP contribution in [0, 0.1) is 13.8 Å². The summed E-state index contributed by atoms with van der Waals surface area (Å²) in [6, 6.07) is 0.0941. The number of piperidine rings is 1. The van der Waals surface area contributed by atoms with E-state index in [0.717, 1.165) is 24.1 Å². The summed E-state index contributed by atoms with van der Waals surface area (Å²) in [5.74, 6) is -0.416. The van der Waals surface area contributed by atoms with Crippen molar-refractivity contribution in [2.45, 2.75) is 32.7 Å². The van der Waals surface area contributed by atoms with Gasteiger partial charge in [0.1, 0.15) is 5.82 Å². The van der Waals surface area contributed by atoms with E-state index in [9.17, 15) is 9.59 Å². The van der Waals surface area contributed by atoms with Crippen molar-refractivity contribution in [1.82, 2.24) is 24.6 Å². The highest BCUT2D eigenvalue weighted by Crippen LogP contribution is 2.27. The lowest BCUT2D eigenvalue weighted by Gasteiger charge is -2.32. The Labute approximate surface area is 139 Å². The Bertz CT molecular complexity index is 784. The molecule has 2 amide bonds. The van der Waals surface area contributed by atoms with Crippen LogP contribution in [0.1, 0.15) is 51.1 Å². The van der Waals surface area contributed by atoms with Gasteiger partial charge < -0.3 is 20.9 Å². The molecule has 5 N–H and O–H groups in total. The van der Waals surface area contributed by atoms with Gasteiger partial charge in [0.15, 0.2) is 11.4 Å². The van der Waals surface area contributed by atoms with Crippen LogP contribution in [0.5, 0.6) is 0 Å². The summed E-state index contributed by atoms with van der Waals surface area (Å²) in [6.45, 7) is 4.97. The number of aromatic amines is 1. The summed E-state index contributed by atoms with van der Waals surface area (Å²) in [7, 11) is 0. The monoisotopic (exact) mass is 331 g/mol. The van der Waals surface area contributed by atoms with E-state index in [1.165, 1.54) is 0 Å². The van der Waals surface area contributed by atoms with Gasteiger partial charge in [0.05, 0.1) is 6.33 Å². The zero-order chi connectivity index (χ0) is 17.4. The lowest BCUT2D eigenvalue weighted by molar-refractivity contribution is 0.0688. The Morgan fingerprint density at radius 3 is 2.42 bits per heavy atom. The molecule has 0 spiro atoms. The molecule has 1 aliphatic rings. The normalized spacial score (nSPS) is 15.7. The van der Waals surface area contributed by atoms with Gasteiger partial charge in [0.25, 0.3) is 11.8 Å². The van der Waals surface area contributed by atoms with Crippen molar-refractivity contribution in [2.24, 2.45) is 5.73 Å². The number of H-pyrrole nitrogens is 1. The van der Waals surface area contributed by atoms with Crippen molar-refractivity contribution in [1.29, 1.82) is 0 Å². The van der Waals surface area contributed by atoms with E-state index in [1.54, 1.807) is 15.8 Å². The zero-order valence-electron chi connectivity index (χ0n) is 13.7. The highest BCUT2D eigenvalue weighted by atomic mass is 16.2. The SMILES string of the molecule is Cc1[nH]nc(C(=O)N2CCC(n3cnc(C(N)=O)c3N)CC2)c1C. The number of carbonyl (C=O) groups excluding carboxylic acids is 2. The summed E-state index contributed by atoms with van der Waals surface area (Å²) >= 11 is 0. The van der Waals surface area contributed by atoms with Crippen LogP contribution in [0.2, 0.25) is 0 Å². The summed E-state index contributed by atoms with van der Waals surface area (Å²) in [4.78, 5) is 29.6. The van der Waals surface area contributed by atoms with Gasteiger partial charge in [-0.2, -0.15) is 5.10 Å². The van der Waals surface area contributed by atoms with Gasteiger partial charge in [0.2, 0.25) is 0 Å². The predicted octanol–water partition coefficient (Wildman–Crippen LogP) is 0.381. The standard InChI is InChI=1S/C15H21N7O2/c1-8-9(2)19-20-11(8)15(24)21-5-3-10(4-6-21)22-7-18-12(13(22)16)14(17)23/h7,10H,3-6,16H2,1-2H3,(H2,17,23)(H,19,20). The van der Waals surface area contributed by atoms with Crippen molar-refractivity contribution in [3.63, 3.8) is 0 Å². The van der Waals surface area contributed by atoms with Gasteiger partial charge in [-0.3, -0.25) is 14.7 Å². The maximum absolute atomic E-state index is 12.6. The minimum Gasteiger partial charge on any atom is -0.383 e. The Morgan fingerprint density at radius 1 is 1.25 bits per heavy atom. The van der Waals surface area contributed by atoms with Crippen molar-refractivity contribution in [2.75, 3.05) is 18.8 Å². The molecule has 0 radical (unpaired) electrons. The molecular formula is C15H21N7O2. The third kappa shape index (κ3) is 2.61. The first-order valence-corrected chi connectivity index (χ1v) is 7.83. The van der Waals surface area contributed by atoms with E-state index in [4.69, 9.17) is 11.5 Å². The van der Waals surface area contributed by atoms with Gasteiger partial charge in [0, 0.05) is 30.4 Å². The Morgan fingerprint density at radius 2 is 1.92 bits per heavy atom. The molecule has 0 bridgehead atoms. The van der Waals surface area contributed by atoms with E-state index in [0.29, 0.717) is 18.8 Å². The lowest BCUT2D eigenvalue weighted by atomic mass is 10.0. The second-order valence-electron chi connectivity index (χ2n) is 6.10. The number of carbonyl (C=O) groups is 2. The first kappa shape index (κ1) is 16.0. The number of amides is 2. The van der Waals surface area contributed by atoms with Crippen molar-refractivity contribution >= 4 is 17.6 Å². The molecule has 0 atom stereocenters. The van der Waals surface area contributed by atoms with Gasteiger partial charge in [-0.25, -0.2) is 4.98 Å². The molecule has 1 fully saturated rings. The largest absolute Gasteiger partial charge is 0.383 e. The summed E-state index contributed by atoms with van der Waals surface area (Å²) in [5, 5.41) is 6.94. The number of nitrogens with zero attached hydrogens (tertiary/aromatic N) is 4. The second-order valence-corrected chi connectivity index (χ2v) is 6.10. The lowest BCUT2D eigenvalue weighted by Crippen LogP contribution is -2.39. The number of aromatic nitrogens is 4. The number of imidazole rings is 1. The van der Waals surface area contributed by atoms with Crippen LogP contribution in [0.25, 0.3) is 0 Å². The van der Waals surface area contributed by atoms with E-state index in [2.05, 4.69) is 15.2 Å². The minimum atomic E-state index is -0.636. The van der Waals surface area contributed by atoms with Crippen molar-refractivity contribution < 1.29 is 9.59 Å². The summed E-state index contributed by atoms with van der Waals surface area (Å²) < 4.78 is 1.77. The van der Waals surface area contributed by atoms with Crippen LogP contribution in [-0.2, 0) is 0 Å². The van der Waals surface area contributed by atoms with E-state index < -0.39 is 5.91 Å². The molecule has 2 aromatic heterocycles. The van der Waals surface area contributed by atoms with E-state index >= 15 is 0 Å². The summed E-state index contributed by atoms with van der Waals surface area (Å²) in [6.07, 6.45) is 3.00. The Kier molecular flexibility index (Phi) is 4.00. The number of nitrogens with two attached hydrogens (primary N) is 2. The molecule has 3 heterocycles. The van der Waals surface area contributed by atoms with Crippen LogP contribution in [0.4, 0.5) is 5.82 Å². The second kappa shape index (κ2) is 5.99. The number of likely N-dealkylation sites (tertiary alicyclic amines) is 1. The molecule has 1 aliphatic heterocycles. The maximum atomic E-state index is 12.6. The predicted molar refractivity (Wildman–Crippen MR) is 87.4 cm³/mol. The molecule has 0 saturated carbocycles. The molecule has 128 valence electrons. The maximum Gasteiger partial charge on any atom is 0.274 e. The minimum absolute atomic E-state index is 0.0632. The quantitative estimate of drug-likeness (QED) is 0.747. The first-order valence-electron chi connectivity index (χ1n) is 7.83. The first-order chi connectivity index (χ1) is 11.4. The van der Waals surface area contributed by atoms with Crippen molar-refractivity contribution in [3.8, 4) is 0 Å². The number of nitrogens with one attached hydrogen (secondary N) is 1. The van der Waals surface area contributed by atoms with Crippen LogP contribution in [0.3, 0.4) is 0 Å². The summed E-state index contributed by atoms with van der Waals surface area (Å²) in [5.41, 5.74) is 13.5. The van der Waals surface area contributed by atoms with Gasteiger partial charge in [-0.05, 0) is 26.7 Å². The molecule has 0 unspecified atom stereocenters. The van der Waals surface area contributed by atoms with E-state index in [1.807, 2.05) is 13.8 Å². The van der Waals surface area contributed by atoms with Gasteiger partial charge >= 0.3 is 0 Å². The third-order valence-corrected chi connectivity index (χ3v) is 4.67. The molecule has 2 aromatic rings. The Balaban J connectivity index is 1.69. The van der Waals surface area contributed by atoms with Gasteiger partial charge in [-0.1, -0.05) is 0 Å². The fraction of sp³-hybridized carbons (Fsp3) is 0.467. The Hall–Kier alpha value is -2.84. The third-order valence-electron chi connectivity index (χ3n) is 4.67. The van der Waals surface area contributed by atoms with Crippen molar-refractivity contribution in [3.05, 3.63) is 29.0 Å². The average molecular weight is 331 g/mol. The number of nitrogen functional groups attached to an aromatic ring is 1. The number of aryl methyl sites for hydroxylation is 1. The number of primary amides is 1. The molecule has 9 nitrogen and oxygen atoms in total. The highest BCUT2D eigenvalue weighted by Gasteiger charge is 2.28. The fourth-order valence-electron chi connectivity index (χ4n) is 3.04. The van der Waals surface area contributed by atoms with Crippen LogP contribution in [0.15, 0.2) is 6.33 Å². The fourth-order valence-corrected chi connectivity index (χ4v) is 3.04. The molecular weight excluding hydrogens is 310 g/mol. The molecule has 1 saturated heterocycles. The molecule has 0 aromatic carbocycles. The number of rotatable bonds is 3. The number of hydrogen-bond donors (Lipinski definition) is 3. The molecule has 9 heteroatoms. The van der Waals surface area contributed by atoms with Gasteiger partial charge in [-0.15, -0.1) is 0 Å². The highest BCUT2D eigenvalue weighted by molar-refractivity contribution is 5.95. The molecule has 0 aliphatic carbocycles. The van der Waals surface area contributed by atoms with E-state index in [-0.39, 0.29) is 23.5 Å². The molecule has 24 heavy (non-hydrogen) atoms. The average Bonchev–Trinajstić information content (AvgIpc) is 3.11. The smallest absolute Gasteiger partial charge is 0.274 e. The van der Waals surface area contributed by atoms with Crippen LogP contribution < -0.4 is 11.5 Å². The number of hydrogen-bond acceptors (Lipinski definition) is 5. The number of anilines is 1.